The number of hydrogen-bond donors (Lipinski definition) is 1. The summed E-state index contributed by atoms with van der Waals surface area (Å²) in [5.41, 5.74) is 6.81. The summed E-state index contributed by atoms with van der Waals surface area (Å²) < 4.78 is 4.92. The number of hydrogen-bond acceptors (Lipinski definition) is 4. The number of nitrogens with two attached hydrogens (primary N) is 1. The molecule has 13 heavy (non-hydrogen) atoms. The van der Waals surface area contributed by atoms with Gasteiger partial charge in [0, 0.05) is 32.0 Å². The molecule has 0 spiro atoms. The largest absolute Gasteiger partial charge is 0.383 e. The van der Waals surface area contributed by atoms with Crippen LogP contribution >= 0.6 is 0 Å². The number of methoxy groups -OCH3 is 1. The molecule has 0 saturated heterocycles. The molecule has 0 saturated carbocycles. The molecule has 1 heterocycles. The molecule has 4 nitrogen and oxygen atoms in total. The monoisotopic (exact) mass is 181 g/mol. The number of ether oxygens (including phenoxy) is 1. The zero-order chi connectivity index (χ0) is 9.68. The van der Waals surface area contributed by atoms with Crippen LogP contribution in [-0.4, -0.2) is 29.7 Å². The summed E-state index contributed by atoms with van der Waals surface area (Å²) >= 11 is 0. The SMILES string of the molecule is COCC(N)Cc1ncc(C)cn1. The molecule has 0 aromatic carbocycles. The standard InChI is InChI=1S/C9H15N3O/c1-7-4-11-9(12-5-7)3-8(10)6-13-2/h4-5,8H,3,6,10H2,1-2H3. The predicted octanol–water partition coefficient (Wildman–Crippen LogP) is 0.301. The maximum Gasteiger partial charge on any atom is 0.129 e. The van der Waals surface area contributed by atoms with E-state index in [1.54, 1.807) is 19.5 Å². The molecule has 1 aromatic rings. The minimum absolute atomic E-state index is 0.0206. The highest BCUT2D eigenvalue weighted by molar-refractivity contribution is 5.02. The van der Waals surface area contributed by atoms with E-state index in [4.69, 9.17) is 10.5 Å². The molecule has 72 valence electrons. The van der Waals surface area contributed by atoms with Gasteiger partial charge in [-0.1, -0.05) is 0 Å². The van der Waals surface area contributed by atoms with Crippen LogP contribution in [-0.2, 0) is 11.2 Å². The fourth-order valence-electron chi connectivity index (χ4n) is 1.03. The van der Waals surface area contributed by atoms with Crippen LogP contribution in [0.25, 0.3) is 0 Å². The summed E-state index contributed by atoms with van der Waals surface area (Å²) in [4.78, 5) is 8.31. The summed E-state index contributed by atoms with van der Waals surface area (Å²) in [6.07, 6.45) is 4.25. The lowest BCUT2D eigenvalue weighted by Gasteiger charge is -2.08. The molecule has 2 N–H and O–H groups in total. The fourth-order valence-corrected chi connectivity index (χ4v) is 1.03. The summed E-state index contributed by atoms with van der Waals surface area (Å²) in [6.45, 7) is 2.50. The van der Waals surface area contributed by atoms with E-state index in [0.29, 0.717) is 13.0 Å². The lowest BCUT2D eigenvalue weighted by Crippen LogP contribution is -2.28. The summed E-state index contributed by atoms with van der Waals surface area (Å²) in [5.74, 6) is 0.773. The number of nitrogens with zero attached hydrogens (tertiary/aromatic N) is 2. The van der Waals surface area contributed by atoms with Gasteiger partial charge in [-0.2, -0.15) is 0 Å². The lowest BCUT2D eigenvalue weighted by atomic mass is 10.2. The van der Waals surface area contributed by atoms with Gasteiger partial charge in [0.15, 0.2) is 0 Å². The first kappa shape index (κ1) is 10.1. The van der Waals surface area contributed by atoms with Crippen molar-refractivity contribution in [2.75, 3.05) is 13.7 Å². The molecule has 1 unspecified atom stereocenters. The van der Waals surface area contributed by atoms with Crippen LogP contribution in [0.15, 0.2) is 12.4 Å². The van der Waals surface area contributed by atoms with E-state index in [1.165, 1.54) is 0 Å². The first-order valence-corrected chi connectivity index (χ1v) is 4.24. The Bertz CT molecular complexity index is 248. The highest BCUT2D eigenvalue weighted by atomic mass is 16.5. The van der Waals surface area contributed by atoms with Gasteiger partial charge in [0.1, 0.15) is 5.82 Å². The van der Waals surface area contributed by atoms with Gasteiger partial charge in [-0.25, -0.2) is 9.97 Å². The van der Waals surface area contributed by atoms with Crippen LogP contribution in [0.4, 0.5) is 0 Å². The van der Waals surface area contributed by atoms with Gasteiger partial charge in [0.2, 0.25) is 0 Å². The third-order valence-electron chi connectivity index (χ3n) is 1.66. The first-order valence-electron chi connectivity index (χ1n) is 4.24. The maximum atomic E-state index is 5.75. The second-order valence-corrected chi connectivity index (χ2v) is 3.10. The Hall–Kier alpha value is -1.00. The van der Waals surface area contributed by atoms with Crippen molar-refractivity contribution < 1.29 is 4.74 Å². The average Bonchev–Trinajstić information content (AvgIpc) is 2.09. The van der Waals surface area contributed by atoms with Crippen molar-refractivity contribution in [2.24, 2.45) is 5.73 Å². The summed E-state index contributed by atoms with van der Waals surface area (Å²) in [7, 11) is 1.63. The number of aryl methyl sites for hydroxylation is 1. The molecule has 1 rings (SSSR count). The van der Waals surface area contributed by atoms with Crippen molar-refractivity contribution in [1.29, 1.82) is 0 Å². The van der Waals surface area contributed by atoms with Crippen LogP contribution < -0.4 is 5.73 Å². The molecule has 0 aliphatic carbocycles. The molecule has 0 fully saturated rings. The van der Waals surface area contributed by atoms with E-state index >= 15 is 0 Å². The van der Waals surface area contributed by atoms with Crippen molar-refractivity contribution >= 4 is 0 Å². The summed E-state index contributed by atoms with van der Waals surface area (Å²) in [6, 6.07) is -0.0206. The van der Waals surface area contributed by atoms with Crippen LogP contribution in [0.2, 0.25) is 0 Å². The Labute approximate surface area is 78.1 Å². The molecular formula is C9H15N3O. The van der Waals surface area contributed by atoms with Crippen molar-refractivity contribution in [2.45, 2.75) is 19.4 Å². The maximum absolute atomic E-state index is 5.75. The Balaban J connectivity index is 2.49. The van der Waals surface area contributed by atoms with Crippen molar-refractivity contribution in [3.05, 3.63) is 23.8 Å². The van der Waals surface area contributed by atoms with Crippen molar-refractivity contribution in [3.8, 4) is 0 Å². The van der Waals surface area contributed by atoms with Crippen LogP contribution in [0, 0.1) is 6.92 Å². The van der Waals surface area contributed by atoms with Crippen LogP contribution in [0.1, 0.15) is 11.4 Å². The molecule has 0 amide bonds. The van der Waals surface area contributed by atoms with Gasteiger partial charge in [-0.05, 0) is 12.5 Å². The van der Waals surface area contributed by atoms with Crippen LogP contribution in [0.3, 0.4) is 0 Å². The topological polar surface area (TPSA) is 61.0 Å². The zero-order valence-corrected chi connectivity index (χ0v) is 8.03. The molecular weight excluding hydrogens is 166 g/mol. The predicted molar refractivity (Wildman–Crippen MR) is 50.3 cm³/mol. The van der Waals surface area contributed by atoms with Crippen molar-refractivity contribution in [1.82, 2.24) is 9.97 Å². The van der Waals surface area contributed by atoms with E-state index in [1.807, 2.05) is 6.92 Å². The Kier molecular flexibility index (Phi) is 3.79. The number of aromatic nitrogens is 2. The Morgan fingerprint density at radius 1 is 1.46 bits per heavy atom. The molecule has 0 aliphatic rings. The third kappa shape index (κ3) is 3.48. The Morgan fingerprint density at radius 3 is 2.62 bits per heavy atom. The van der Waals surface area contributed by atoms with Crippen LogP contribution in [0.5, 0.6) is 0 Å². The Morgan fingerprint density at radius 2 is 2.08 bits per heavy atom. The average molecular weight is 181 g/mol. The minimum atomic E-state index is -0.0206. The van der Waals surface area contributed by atoms with Gasteiger partial charge in [0.05, 0.1) is 6.61 Å². The number of rotatable bonds is 4. The van der Waals surface area contributed by atoms with E-state index in [0.717, 1.165) is 11.4 Å². The van der Waals surface area contributed by atoms with E-state index in [9.17, 15) is 0 Å². The van der Waals surface area contributed by atoms with Gasteiger partial charge in [-0.15, -0.1) is 0 Å². The fraction of sp³-hybridized carbons (Fsp3) is 0.556. The van der Waals surface area contributed by atoms with Gasteiger partial charge >= 0.3 is 0 Å². The zero-order valence-electron chi connectivity index (χ0n) is 8.03. The minimum Gasteiger partial charge on any atom is -0.383 e. The smallest absolute Gasteiger partial charge is 0.129 e. The molecule has 1 atom stereocenters. The van der Waals surface area contributed by atoms with E-state index in [2.05, 4.69) is 9.97 Å². The van der Waals surface area contributed by atoms with E-state index in [-0.39, 0.29) is 6.04 Å². The molecule has 1 aromatic heterocycles. The molecule has 0 bridgehead atoms. The second-order valence-electron chi connectivity index (χ2n) is 3.10. The molecule has 0 radical (unpaired) electrons. The highest BCUT2D eigenvalue weighted by Gasteiger charge is 2.04. The highest BCUT2D eigenvalue weighted by Crippen LogP contribution is 1.96. The van der Waals surface area contributed by atoms with E-state index < -0.39 is 0 Å². The lowest BCUT2D eigenvalue weighted by molar-refractivity contribution is 0.179. The third-order valence-corrected chi connectivity index (χ3v) is 1.66. The van der Waals surface area contributed by atoms with Crippen molar-refractivity contribution in [3.63, 3.8) is 0 Å². The quantitative estimate of drug-likeness (QED) is 0.725. The normalized spacial score (nSPS) is 12.8. The second kappa shape index (κ2) is 4.89. The van der Waals surface area contributed by atoms with Gasteiger partial charge in [-0.3, -0.25) is 0 Å². The molecule has 0 aliphatic heterocycles. The van der Waals surface area contributed by atoms with Gasteiger partial charge < -0.3 is 10.5 Å². The first-order chi connectivity index (χ1) is 6.22. The molecule has 4 heteroatoms. The van der Waals surface area contributed by atoms with Gasteiger partial charge in [0.25, 0.3) is 0 Å². The summed E-state index contributed by atoms with van der Waals surface area (Å²) in [5, 5.41) is 0.